The number of benzene rings is 2. The quantitative estimate of drug-likeness (QED) is 0.765. The second-order valence-corrected chi connectivity index (χ2v) is 8.74. The maximum Gasteiger partial charge on any atom is 0.264 e. The lowest BCUT2D eigenvalue weighted by molar-refractivity contribution is 0.218. The van der Waals surface area contributed by atoms with Crippen LogP contribution in [0.15, 0.2) is 48.5 Å². The van der Waals surface area contributed by atoms with E-state index in [1.165, 1.54) is 0 Å². The number of anilines is 2. The van der Waals surface area contributed by atoms with Crippen molar-refractivity contribution in [1.29, 1.82) is 0 Å². The zero-order valence-electron chi connectivity index (χ0n) is 15.5. The first-order valence-corrected chi connectivity index (χ1v) is 9.96. The predicted octanol–water partition coefficient (Wildman–Crippen LogP) is 3.45. The van der Waals surface area contributed by atoms with E-state index in [-0.39, 0.29) is 6.61 Å². The fraction of sp³-hybridized carbons (Fsp3) is 0.368. The Morgan fingerprint density at radius 2 is 1.36 bits per heavy atom. The highest BCUT2D eigenvalue weighted by molar-refractivity contribution is 7.67. The summed E-state index contributed by atoms with van der Waals surface area (Å²) < 4.78 is 19.1. The highest BCUT2D eigenvalue weighted by Gasteiger charge is 2.36. The monoisotopic (exact) mass is 362 g/mol. The molecule has 0 saturated heterocycles. The molecule has 2 rings (SSSR count). The Bertz CT molecular complexity index is 727. The molecule has 6 heteroatoms. The van der Waals surface area contributed by atoms with Crippen molar-refractivity contribution in [2.24, 2.45) is 0 Å². The molecule has 0 aliphatic carbocycles. The van der Waals surface area contributed by atoms with E-state index in [9.17, 15) is 9.67 Å². The van der Waals surface area contributed by atoms with E-state index in [2.05, 4.69) is 0 Å². The average Bonchev–Trinajstić information content (AvgIpc) is 2.61. The summed E-state index contributed by atoms with van der Waals surface area (Å²) in [6.45, 7) is 2.04. The molecular weight excluding hydrogens is 335 g/mol. The van der Waals surface area contributed by atoms with Gasteiger partial charge in [0.2, 0.25) is 0 Å². The molecule has 0 heterocycles. The van der Waals surface area contributed by atoms with E-state index in [4.69, 9.17) is 4.52 Å². The molecule has 2 aromatic rings. The summed E-state index contributed by atoms with van der Waals surface area (Å²) >= 11 is 0. The highest BCUT2D eigenvalue weighted by Crippen LogP contribution is 2.57. The number of hydrogen-bond donors (Lipinski definition) is 1. The average molecular weight is 362 g/mol. The zero-order chi connectivity index (χ0) is 18.6. The van der Waals surface area contributed by atoms with Crippen LogP contribution in [-0.2, 0) is 9.09 Å². The lowest BCUT2D eigenvalue weighted by Crippen LogP contribution is -2.16. The summed E-state index contributed by atoms with van der Waals surface area (Å²) in [5.41, 5.74) is 2.59. The summed E-state index contributed by atoms with van der Waals surface area (Å²) in [7, 11) is 4.33. The molecule has 0 saturated carbocycles. The summed E-state index contributed by atoms with van der Waals surface area (Å²) in [4.78, 5) is 3.93. The molecule has 0 spiro atoms. The van der Waals surface area contributed by atoms with Gasteiger partial charge in [0.15, 0.2) is 5.85 Å². The first kappa shape index (κ1) is 19.5. The Labute approximate surface area is 150 Å². The van der Waals surface area contributed by atoms with Crippen LogP contribution in [0, 0.1) is 0 Å². The standard InChI is InChI=1S/C19H27N2O3P/c1-6-24-25(23,18-13-11-17(12-14-18)21(4)5)19(22)15-7-9-16(10-8-15)20(2)3/h7-14,19,22H,6H2,1-5H3/t19-,25+/m0/s1. The molecule has 1 N–H and O–H groups in total. The van der Waals surface area contributed by atoms with Gasteiger partial charge in [-0.3, -0.25) is 4.57 Å². The van der Waals surface area contributed by atoms with Crippen LogP contribution in [0.1, 0.15) is 18.3 Å². The molecule has 25 heavy (non-hydrogen) atoms. The van der Waals surface area contributed by atoms with Crippen molar-refractivity contribution >= 4 is 24.0 Å². The molecule has 0 aliphatic heterocycles. The van der Waals surface area contributed by atoms with Crippen molar-refractivity contribution in [1.82, 2.24) is 0 Å². The van der Waals surface area contributed by atoms with Gasteiger partial charge in [0, 0.05) is 44.9 Å². The normalized spacial score (nSPS) is 14.6. The van der Waals surface area contributed by atoms with Crippen molar-refractivity contribution < 1.29 is 14.2 Å². The van der Waals surface area contributed by atoms with Gasteiger partial charge in [0.1, 0.15) is 0 Å². The summed E-state index contributed by atoms with van der Waals surface area (Å²) in [5, 5.41) is 11.3. The first-order chi connectivity index (χ1) is 11.8. The molecule has 0 aliphatic rings. The molecule has 0 radical (unpaired) electrons. The Kier molecular flexibility index (Phi) is 6.28. The molecule has 2 atom stereocenters. The van der Waals surface area contributed by atoms with Crippen LogP contribution >= 0.6 is 7.37 Å². The Morgan fingerprint density at radius 1 is 0.920 bits per heavy atom. The van der Waals surface area contributed by atoms with Gasteiger partial charge in [-0.25, -0.2) is 0 Å². The van der Waals surface area contributed by atoms with Gasteiger partial charge < -0.3 is 19.4 Å². The maximum atomic E-state index is 13.5. The molecule has 0 bridgehead atoms. The van der Waals surface area contributed by atoms with Crippen LogP contribution in [-0.4, -0.2) is 39.9 Å². The van der Waals surface area contributed by atoms with E-state index < -0.39 is 13.2 Å². The zero-order valence-corrected chi connectivity index (χ0v) is 16.4. The van der Waals surface area contributed by atoms with E-state index >= 15 is 0 Å². The largest absolute Gasteiger partial charge is 0.378 e. The van der Waals surface area contributed by atoms with E-state index in [1.54, 1.807) is 31.2 Å². The SMILES string of the molecule is CCO[P@](=O)(c1ccc(N(C)C)cc1)[C@H](O)c1ccc(N(C)C)cc1. The minimum absolute atomic E-state index is 0.263. The van der Waals surface area contributed by atoms with Crippen molar-refractivity contribution in [3.05, 3.63) is 54.1 Å². The van der Waals surface area contributed by atoms with Crippen molar-refractivity contribution in [2.75, 3.05) is 44.6 Å². The van der Waals surface area contributed by atoms with Crippen molar-refractivity contribution in [3.8, 4) is 0 Å². The van der Waals surface area contributed by atoms with Gasteiger partial charge >= 0.3 is 0 Å². The summed E-state index contributed by atoms with van der Waals surface area (Å²) in [5.74, 6) is -1.20. The van der Waals surface area contributed by atoms with Crippen LogP contribution in [0.25, 0.3) is 0 Å². The second-order valence-electron chi connectivity index (χ2n) is 6.29. The fourth-order valence-electron chi connectivity index (χ4n) is 2.58. The molecule has 0 aromatic heterocycles. The molecule has 0 unspecified atom stereocenters. The Balaban J connectivity index is 2.38. The van der Waals surface area contributed by atoms with Gasteiger partial charge in [0.05, 0.1) is 6.61 Å². The van der Waals surface area contributed by atoms with Gasteiger partial charge in [-0.05, 0) is 48.9 Å². The van der Waals surface area contributed by atoms with Gasteiger partial charge in [0.25, 0.3) is 7.37 Å². The van der Waals surface area contributed by atoms with E-state index in [0.29, 0.717) is 10.9 Å². The Morgan fingerprint density at radius 3 is 1.76 bits per heavy atom. The van der Waals surface area contributed by atoms with Crippen molar-refractivity contribution in [2.45, 2.75) is 12.8 Å². The number of aliphatic hydroxyl groups is 1. The second kappa shape index (κ2) is 8.05. The molecule has 2 aromatic carbocycles. The third kappa shape index (κ3) is 4.24. The number of rotatable bonds is 7. The van der Waals surface area contributed by atoms with Crippen molar-refractivity contribution in [3.63, 3.8) is 0 Å². The van der Waals surface area contributed by atoms with Crippen LogP contribution < -0.4 is 15.1 Å². The molecule has 136 valence electrons. The lowest BCUT2D eigenvalue weighted by atomic mass is 10.2. The molecule has 0 fully saturated rings. The smallest absolute Gasteiger partial charge is 0.264 e. The third-order valence-corrected chi connectivity index (χ3v) is 6.68. The predicted molar refractivity (Wildman–Crippen MR) is 105 cm³/mol. The number of hydrogen-bond acceptors (Lipinski definition) is 5. The van der Waals surface area contributed by atoms with Crippen LogP contribution in [0.5, 0.6) is 0 Å². The first-order valence-electron chi connectivity index (χ1n) is 8.27. The number of aliphatic hydroxyl groups excluding tert-OH is 1. The fourth-order valence-corrected chi connectivity index (χ4v) is 4.66. The molecular formula is C19H27N2O3P. The summed E-state index contributed by atoms with van der Waals surface area (Å²) in [6, 6.07) is 14.7. The van der Waals surface area contributed by atoms with E-state index in [0.717, 1.165) is 11.4 Å². The topological polar surface area (TPSA) is 53.0 Å². The highest BCUT2D eigenvalue weighted by atomic mass is 31.2. The van der Waals surface area contributed by atoms with E-state index in [1.807, 2.05) is 62.3 Å². The van der Waals surface area contributed by atoms with Crippen LogP contribution in [0.4, 0.5) is 11.4 Å². The minimum Gasteiger partial charge on any atom is -0.378 e. The van der Waals surface area contributed by atoms with Gasteiger partial charge in [-0.2, -0.15) is 0 Å². The van der Waals surface area contributed by atoms with Crippen LogP contribution in [0.2, 0.25) is 0 Å². The van der Waals surface area contributed by atoms with Crippen LogP contribution in [0.3, 0.4) is 0 Å². The maximum absolute atomic E-state index is 13.5. The minimum atomic E-state index is -3.45. The summed E-state index contributed by atoms with van der Waals surface area (Å²) in [6.07, 6.45) is 0. The van der Waals surface area contributed by atoms with Gasteiger partial charge in [-0.15, -0.1) is 0 Å². The van der Waals surface area contributed by atoms with Gasteiger partial charge in [-0.1, -0.05) is 12.1 Å². The number of nitrogens with zero attached hydrogens (tertiary/aromatic N) is 2. The molecule has 0 amide bonds. The Hall–Kier alpha value is -1.81. The molecule has 5 nitrogen and oxygen atoms in total. The third-order valence-electron chi connectivity index (χ3n) is 4.08. The lowest BCUT2D eigenvalue weighted by Gasteiger charge is -2.25.